The van der Waals surface area contributed by atoms with E-state index in [0.29, 0.717) is 6.42 Å². The minimum absolute atomic E-state index is 0.136. The first-order valence-corrected chi connectivity index (χ1v) is 7.65. The number of amides is 2. The van der Waals surface area contributed by atoms with Crippen LogP contribution in [0.1, 0.15) is 25.8 Å². The van der Waals surface area contributed by atoms with Gasteiger partial charge in [0, 0.05) is 0 Å². The van der Waals surface area contributed by atoms with Crippen LogP contribution in [0.3, 0.4) is 0 Å². The average molecular weight is 319 g/mol. The third-order valence-corrected chi connectivity index (χ3v) is 4.03. The molecule has 1 saturated heterocycles. The molecule has 0 spiro atoms. The molecule has 6 nitrogen and oxygen atoms in total. The summed E-state index contributed by atoms with van der Waals surface area (Å²) in [5.41, 5.74) is 0.993. The summed E-state index contributed by atoms with van der Waals surface area (Å²) >= 11 is 0. The average Bonchev–Trinajstić information content (AvgIpc) is 2.85. The Kier molecular flexibility index (Phi) is 5.36. The van der Waals surface area contributed by atoms with Crippen LogP contribution >= 0.6 is 0 Å². The van der Waals surface area contributed by atoms with Crippen molar-refractivity contribution in [1.82, 2.24) is 4.90 Å². The van der Waals surface area contributed by atoms with E-state index in [1.54, 1.807) is 13.8 Å². The summed E-state index contributed by atoms with van der Waals surface area (Å²) < 4.78 is 5.03. The molecule has 1 aliphatic rings. The summed E-state index contributed by atoms with van der Waals surface area (Å²) in [4.78, 5) is 36.8. The first-order valence-electron chi connectivity index (χ1n) is 7.65. The number of ether oxygens (including phenoxy) is 1. The molecule has 1 aliphatic heterocycles. The molecule has 0 aliphatic carbocycles. The second kappa shape index (κ2) is 7.26. The van der Waals surface area contributed by atoms with Crippen molar-refractivity contribution in [3.8, 4) is 0 Å². The Morgan fingerprint density at radius 1 is 1.30 bits per heavy atom. The number of rotatable bonds is 6. The molecule has 0 saturated carbocycles. The van der Waals surface area contributed by atoms with Crippen LogP contribution in [0.5, 0.6) is 0 Å². The monoisotopic (exact) mass is 319 g/mol. The quantitative estimate of drug-likeness (QED) is 0.870. The molecule has 0 unspecified atom stereocenters. The zero-order valence-corrected chi connectivity index (χ0v) is 13.3. The third-order valence-electron chi connectivity index (χ3n) is 4.03. The fourth-order valence-corrected chi connectivity index (χ4v) is 2.74. The maximum atomic E-state index is 12.7. The largest absolute Gasteiger partial charge is 0.481 e. The van der Waals surface area contributed by atoms with E-state index in [1.165, 1.54) is 0 Å². The predicted octanol–water partition coefficient (Wildman–Crippen LogP) is 2.32. The molecule has 2 rings (SSSR count). The minimum atomic E-state index is -1.05. The van der Waals surface area contributed by atoms with Gasteiger partial charge in [-0.3, -0.25) is 9.59 Å². The summed E-state index contributed by atoms with van der Waals surface area (Å²) in [6, 6.07) is 9.11. The normalized spacial score (nSPS) is 18.8. The van der Waals surface area contributed by atoms with Gasteiger partial charge in [-0.15, -0.1) is 0 Å². The predicted molar refractivity (Wildman–Crippen MR) is 82.7 cm³/mol. The van der Waals surface area contributed by atoms with Crippen LogP contribution in [-0.2, 0) is 20.7 Å². The van der Waals surface area contributed by atoms with Crippen LogP contribution in [0.2, 0.25) is 0 Å². The van der Waals surface area contributed by atoms with E-state index in [0.717, 1.165) is 10.5 Å². The number of hydrogen-bond acceptors (Lipinski definition) is 4. The van der Waals surface area contributed by atoms with Crippen LogP contribution in [0.4, 0.5) is 4.79 Å². The van der Waals surface area contributed by atoms with Gasteiger partial charge in [-0.2, -0.15) is 0 Å². The fraction of sp³-hybridized carbons (Fsp3) is 0.471. The molecular weight excluding hydrogens is 298 g/mol. The number of cyclic esters (lactones) is 1. The molecule has 23 heavy (non-hydrogen) atoms. The van der Waals surface area contributed by atoms with Crippen molar-refractivity contribution in [1.29, 1.82) is 0 Å². The lowest BCUT2D eigenvalue weighted by atomic mass is 9.90. The molecule has 2 amide bonds. The van der Waals surface area contributed by atoms with Gasteiger partial charge in [-0.05, 0) is 17.9 Å². The Morgan fingerprint density at radius 3 is 2.52 bits per heavy atom. The lowest BCUT2D eigenvalue weighted by Gasteiger charge is -2.26. The number of hydrogen-bond donors (Lipinski definition) is 1. The van der Waals surface area contributed by atoms with Gasteiger partial charge in [0.2, 0.25) is 5.91 Å². The van der Waals surface area contributed by atoms with E-state index in [-0.39, 0.29) is 18.9 Å². The van der Waals surface area contributed by atoms with E-state index < -0.39 is 29.9 Å². The first kappa shape index (κ1) is 17.0. The molecule has 1 fully saturated rings. The van der Waals surface area contributed by atoms with Gasteiger partial charge in [0.05, 0.1) is 18.4 Å². The topological polar surface area (TPSA) is 83.9 Å². The molecule has 0 bridgehead atoms. The Morgan fingerprint density at radius 2 is 1.96 bits per heavy atom. The third kappa shape index (κ3) is 4.09. The van der Waals surface area contributed by atoms with E-state index in [9.17, 15) is 14.4 Å². The van der Waals surface area contributed by atoms with E-state index >= 15 is 0 Å². The Labute approximate surface area is 135 Å². The highest BCUT2D eigenvalue weighted by atomic mass is 16.6. The maximum Gasteiger partial charge on any atom is 0.416 e. The number of aliphatic carboxylic acids is 1. The lowest BCUT2D eigenvalue weighted by molar-refractivity contribution is -0.145. The lowest BCUT2D eigenvalue weighted by Crippen LogP contribution is -2.45. The number of carbonyl (C=O) groups excluding carboxylic acids is 2. The molecule has 2 atom stereocenters. The molecule has 0 radical (unpaired) electrons. The minimum Gasteiger partial charge on any atom is -0.481 e. The zero-order chi connectivity index (χ0) is 17.0. The highest BCUT2D eigenvalue weighted by molar-refractivity contribution is 5.96. The van der Waals surface area contributed by atoms with Crippen molar-refractivity contribution in [2.75, 3.05) is 6.61 Å². The molecule has 6 heteroatoms. The molecule has 0 aromatic heterocycles. The second-order valence-corrected chi connectivity index (χ2v) is 6.08. The van der Waals surface area contributed by atoms with Crippen molar-refractivity contribution in [2.45, 2.75) is 32.7 Å². The number of imide groups is 1. The SMILES string of the molecule is CC(C)[C@H](CC(=O)O)C(=O)N1C(=O)OC[C@@H]1Cc1ccccc1. The van der Waals surface area contributed by atoms with Crippen molar-refractivity contribution in [3.63, 3.8) is 0 Å². The highest BCUT2D eigenvalue weighted by Gasteiger charge is 2.42. The van der Waals surface area contributed by atoms with E-state index in [4.69, 9.17) is 9.84 Å². The van der Waals surface area contributed by atoms with Crippen LogP contribution in [0.15, 0.2) is 30.3 Å². The van der Waals surface area contributed by atoms with Crippen molar-refractivity contribution in [2.24, 2.45) is 11.8 Å². The number of carboxylic acid groups (broad SMARTS) is 1. The summed E-state index contributed by atoms with van der Waals surface area (Å²) in [5, 5.41) is 9.00. The van der Waals surface area contributed by atoms with Gasteiger partial charge in [-0.25, -0.2) is 9.69 Å². The van der Waals surface area contributed by atoms with Crippen LogP contribution in [0.25, 0.3) is 0 Å². The van der Waals surface area contributed by atoms with E-state index in [1.807, 2.05) is 30.3 Å². The molecule has 1 aromatic carbocycles. The van der Waals surface area contributed by atoms with E-state index in [2.05, 4.69) is 0 Å². The Bertz CT molecular complexity index is 584. The van der Waals surface area contributed by atoms with Crippen LogP contribution in [0, 0.1) is 11.8 Å². The van der Waals surface area contributed by atoms with Gasteiger partial charge in [0.15, 0.2) is 0 Å². The summed E-state index contributed by atoms with van der Waals surface area (Å²) in [5.74, 6) is -2.43. The van der Waals surface area contributed by atoms with Crippen molar-refractivity contribution in [3.05, 3.63) is 35.9 Å². The number of benzene rings is 1. The summed E-state index contributed by atoms with van der Waals surface area (Å²) in [6.45, 7) is 3.69. The van der Waals surface area contributed by atoms with Crippen LogP contribution in [-0.4, -0.2) is 40.6 Å². The zero-order valence-electron chi connectivity index (χ0n) is 13.3. The fourth-order valence-electron chi connectivity index (χ4n) is 2.74. The standard InChI is InChI=1S/C17H21NO5/c1-11(2)14(9-15(19)20)16(21)18-13(10-23-17(18)22)8-12-6-4-3-5-7-12/h3-7,11,13-14H,8-10H2,1-2H3,(H,19,20)/t13-,14-/m0/s1. The van der Waals surface area contributed by atoms with Crippen molar-refractivity contribution < 1.29 is 24.2 Å². The summed E-state index contributed by atoms with van der Waals surface area (Å²) in [6.07, 6.45) is -0.485. The van der Waals surface area contributed by atoms with Crippen LogP contribution < -0.4 is 0 Å². The van der Waals surface area contributed by atoms with Gasteiger partial charge < -0.3 is 9.84 Å². The Hall–Kier alpha value is -2.37. The molecule has 1 N–H and O–H groups in total. The summed E-state index contributed by atoms with van der Waals surface area (Å²) in [7, 11) is 0. The number of nitrogens with zero attached hydrogens (tertiary/aromatic N) is 1. The van der Waals surface area contributed by atoms with Gasteiger partial charge >= 0.3 is 12.1 Å². The first-order chi connectivity index (χ1) is 10.9. The smallest absolute Gasteiger partial charge is 0.416 e. The molecule has 1 heterocycles. The maximum absolute atomic E-state index is 12.7. The molecule has 124 valence electrons. The number of carbonyl (C=O) groups is 3. The van der Waals surface area contributed by atoms with Crippen molar-refractivity contribution >= 4 is 18.0 Å². The molecular formula is C17H21NO5. The van der Waals surface area contributed by atoms with Gasteiger partial charge in [-0.1, -0.05) is 44.2 Å². The molecule has 1 aromatic rings. The Balaban J connectivity index is 2.17. The second-order valence-electron chi connectivity index (χ2n) is 6.08. The highest BCUT2D eigenvalue weighted by Crippen LogP contribution is 2.25. The number of carboxylic acids is 1. The van der Waals surface area contributed by atoms with Gasteiger partial charge in [0.25, 0.3) is 0 Å². The van der Waals surface area contributed by atoms with Gasteiger partial charge in [0.1, 0.15) is 6.61 Å².